The molecule has 0 radical (unpaired) electrons. The SMILES string of the molecule is CCOC(=O)N1CCC(N(C)C(=O)Nc2ccc(Cl)cc2)CC1. The van der Waals surface area contributed by atoms with Gasteiger partial charge in [-0.25, -0.2) is 9.59 Å². The van der Waals surface area contributed by atoms with Crippen LogP contribution in [-0.2, 0) is 4.74 Å². The van der Waals surface area contributed by atoms with Crippen molar-refractivity contribution in [3.63, 3.8) is 0 Å². The van der Waals surface area contributed by atoms with E-state index in [1.165, 1.54) is 0 Å². The van der Waals surface area contributed by atoms with Gasteiger partial charge < -0.3 is 19.9 Å². The first-order valence-electron chi connectivity index (χ1n) is 7.72. The highest BCUT2D eigenvalue weighted by molar-refractivity contribution is 6.30. The smallest absolute Gasteiger partial charge is 0.409 e. The molecule has 0 saturated carbocycles. The van der Waals surface area contributed by atoms with Crippen molar-refractivity contribution in [1.29, 1.82) is 0 Å². The lowest BCUT2D eigenvalue weighted by molar-refractivity contribution is 0.0864. The molecule has 1 heterocycles. The van der Waals surface area contributed by atoms with Crippen LogP contribution in [0.3, 0.4) is 0 Å². The predicted octanol–water partition coefficient (Wildman–Crippen LogP) is 3.42. The number of hydrogen-bond acceptors (Lipinski definition) is 3. The Bertz CT molecular complexity index is 542. The topological polar surface area (TPSA) is 61.9 Å². The molecule has 1 saturated heterocycles. The molecule has 6 nitrogen and oxygen atoms in total. The number of nitrogens with zero attached hydrogens (tertiary/aromatic N) is 2. The quantitative estimate of drug-likeness (QED) is 0.917. The van der Waals surface area contributed by atoms with Gasteiger partial charge in [0.15, 0.2) is 0 Å². The minimum absolute atomic E-state index is 0.105. The van der Waals surface area contributed by atoms with Gasteiger partial charge >= 0.3 is 12.1 Å². The Kier molecular flexibility index (Phi) is 6.10. The number of likely N-dealkylation sites (tertiary alicyclic amines) is 1. The molecule has 1 N–H and O–H groups in total. The highest BCUT2D eigenvalue weighted by Gasteiger charge is 2.28. The highest BCUT2D eigenvalue weighted by Crippen LogP contribution is 2.18. The lowest BCUT2D eigenvalue weighted by Gasteiger charge is -2.36. The van der Waals surface area contributed by atoms with E-state index < -0.39 is 0 Å². The van der Waals surface area contributed by atoms with Crippen LogP contribution < -0.4 is 5.32 Å². The Hall–Kier alpha value is -1.95. The van der Waals surface area contributed by atoms with Crippen molar-refractivity contribution in [2.75, 3.05) is 32.1 Å². The third-order valence-electron chi connectivity index (χ3n) is 3.95. The number of benzene rings is 1. The van der Waals surface area contributed by atoms with E-state index in [1.807, 2.05) is 0 Å². The fraction of sp³-hybridized carbons (Fsp3) is 0.500. The lowest BCUT2D eigenvalue weighted by atomic mass is 10.0. The number of carbonyl (C=O) groups excluding carboxylic acids is 2. The van der Waals surface area contributed by atoms with Crippen LogP contribution >= 0.6 is 11.6 Å². The molecular weight excluding hydrogens is 318 g/mol. The van der Waals surface area contributed by atoms with E-state index >= 15 is 0 Å². The van der Waals surface area contributed by atoms with E-state index in [0.717, 1.165) is 12.8 Å². The first-order valence-corrected chi connectivity index (χ1v) is 8.10. The van der Waals surface area contributed by atoms with E-state index in [0.29, 0.717) is 30.4 Å². The van der Waals surface area contributed by atoms with Crippen LogP contribution in [0.15, 0.2) is 24.3 Å². The molecule has 0 unspecified atom stereocenters. The second kappa shape index (κ2) is 8.06. The van der Waals surface area contributed by atoms with Crippen LogP contribution in [0.2, 0.25) is 5.02 Å². The molecule has 7 heteroatoms. The van der Waals surface area contributed by atoms with E-state index in [9.17, 15) is 9.59 Å². The van der Waals surface area contributed by atoms with Crippen LogP contribution in [0.1, 0.15) is 19.8 Å². The minimum atomic E-state index is -0.279. The second-order valence-corrected chi connectivity index (χ2v) is 5.90. The number of ether oxygens (including phenoxy) is 1. The molecule has 1 aromatic rings. The number of hydrogen-bond donors (Lipinski definition) is 1. The molecule has 23 heavy (non-hydrogen) atoms. The van der Waals surface area contributed by atoms with Gasteiger partial charge in [0.2, 0.25) is 0 Å². The summed E-state index contributed by atoms with van der Waals surface area (Å²) in [5.41, 5.74) is 0.704. The first-order chi connectivity index (χ1) is 11.0. The van der Waals surface area contributed by atoms with Gasteiger partial charge in [0.05, 0.1) is 6.61 Å². The number of nitrogens with one attached hydrogen (secondary N) is 1. The maximum Gasteiger partial charge on any atom is 0.409 e. The summed E-state index contributed by atoms with van der Waals surface area (Å²) in [6, 6.07) is 6.92. The van der Waals surface area contributed by atoms with Gasteiger partial charge in [-0.1, -0.05) is 11.6 Å². The highest BCUT2D eigenvalue weighted by atomic mass is 35.5. The molecule has 0 aromatic heterocycles. The molecule has 2 rings (SSSR count). The molecule has 1 aliphatic rings. The summed E-state index contributed by atoms with van der Waals surface area (Å²) < 4.78 is 5.00. The Labute approximate surface area is 141 Å². The Morgan fingerprint density at radius 1 is 1.30 bits per heavy atom. The molecule has 0 aliphatic carbocycles. The second-order valence-electron chi connectivity index (χ2n) is 5.47. The van der Waals surface area contributed by atoms with Crippen molar-refractivity contribution in [3.05, 3.63) is 29.3 Å². The van der Waals surface area contributed by atoms with Crippen molar-refractivity contribution in [3.8, 4) is 0 Å². The molecule has 1 aromatic carbocycles. The van der Waals surface area contributed by atoms with Crippen LogP contribution in [0.5, 0.6) is 0 Å². The van der Waals surface area contributed by atoms with Gasteiger partial charge in [0.25, 0.3) is 0 Å². The van der Waals surface area contributed by atoms with Gasteiger partial charge in [0.1, 0.15) is 0 Å². The van der Waals surface area contributed by atoms with Crippen molar-refractivity contribution >= 4 is 29.4 Å². The molecule has 1 fully saturated rings. The molecule has 3 amide bonds. The largest absolute Gasteiger partial charge is 0.450 e. The fourth-order valence-corrected chi connectivity index (χ4v) is 2.69. The Morgan fingerprint density at radius 2 is 1.91 bits per heavy atom. The maximum atomic E-state index is 12.3. The normalized spacial score (nSPS) is 15.2. The minimum Gasteiger partial charge on any atom is -0.450 e. The standard InChI is InChI=1S/C16H22ClN3O3/c1-3-23-16(22)20-10-8-14(9-11-20)19(2)15(21)18-13-6-4-12(17)5-7-13/h4-7,14H,3,8-11H2,1-2H3,(H,18,21). The van der Waals surface area contributed by atoms with E-state index in [1.54, 1.807) is 48.0 Å². The summed E-state index contributed by atoms with van der Waals surface area (Å²) in [6.07, 6.45) is 1.20. The Balaban J connectivity index is 1.84. The average Bonchev–Trinajstić information content (AvgIpc) is 2.56. The number of carbonyl (C=O) groups is 2. The van der Waals surface area contributed by atoms with Crippen LogP contribution in [-0.4, -0.2) is 54.7 Å². The summed E-state index contributed by atoms with van der Waals surface area (Å²) in [7, 11) is 1.77. The molecule has 0 atom stereocenters. The molecule has 1 aliphatic heterocycles. The molecule has 0 spiro atoms. The molecular formula is C16H22ClN3O3. The predicted molar refractivity (Wildman–Crippen MR) is 89.9 cm³/mol. The summed E-state index contributed by atoms with van der Waals surface area (Å²) >= 11 is 5.83. The first kappa shape index (κ1) is 17.4. The zero-order chi connectivity index (χ0) is 16.8. The van der Waals surface area contributed by atoms with Crippen LogP contribution in [0.4, 0.5) is 15.3 Å². The van der Waals surface area contributed by atoms with Crippen LogP contribution in [0.25, 0.3) is 0 Å². The van der Waals surface area contributed by atoms with Gasteiger partial charge in [-0.05, 0) is 44.0 Å². The van der Waals surface area contributed by atoms with Crippen molar-refractivity contribution in [1.82, 2.24) is 9.80 Å². The maximum absolute atomic E-state index is 12.3. The summed E-state index contributed by atoms with van der Waals surface area (Å²) in [5.74, 6) is 0. The summed E-state index contributed by atoms with van der Waals surface area (Å²) in [4.78, 5) is 27.3. The van der Waals surface area contributed by atoms with Gasteiger partial charge in [-0.2, -0.15) is 0 Å². The van der Waals surface area contributed by atoms with Crippen molar-refractivity contribution in [2.24, 2.45) is 0 Å². The monoisotopic (exact) mass is 339 g/mol. The molecule has 126 valence electrons. The average molecular weight is 340 g/mol. The number of piperidine rings is 1. The van der Waals surface area contributed by atoms with Crippen LogP contribution in [0, 0.1) is 0 Å². The summed E-state index contributed by atoms with van der Waals surface area (Å²) in [5, 5.41) is 3.47. The number of amides is 3. The third kappa shape index (κ3) is 4.76. The van der Waals surface area contributed by atoms with E-state index in [2.05, 4.69) is 5.32 Å². The molecule has 0 bridgehead atoms. The van der Waals surface area contributed by atoms with Gasteiger partial charge in [-0.15, -0.1) is 0 Å². The number of urea groups is 1. The lowest BCUT2D eigenvalue weighted by Crippen LogP contribution is -2.48. The zero-order valence-electron chi connectivity index (χ0n) is 13.4. The fourth-order valence-electron chi connectivity index (χ4n) is 2.56. The number of halogens is 1. The van der Waals surface area contributed by atoms with E-state index in [-0.39, 0.29) is 18.2 Å². The van der Waals surface area contributed by atoms with Crippen molar-refractivity contribution in [2.45, 2.75) is 25.8 Å². The van der Waals surface area contributed by atoms with Gasteiger partial charge in [-0.3, -0.25) is 0 Å². The number of anilines is 1. The third-order valence-corrected chi connectivity index (χ3v) is 4.21. The zero-order valence-corrected chi connectivity index (χ0v) is 14.2. The van der Waals surface area contributed by atoms with Crippen molar-refractivity contribution < 1.29 is 14.3 Å². The van der Waals surface area contributed by atoms with E-state index in [4.69, 9.17) is 16.3 Å². The van der Waals surface area contributed by atoms with Gasteiger partial charge in [0, 0.05) is 36.9 Å². The summed E-state index contributed by atoms with van der Waals surface area (Å²) in [6.45, 7) is 3.37. The Morgan fingerprint density at radius 3 is 2.48 bits per heavy atom. The number of rotatable bonds is 3.